The number of aryl methyl sites for hydroxylation is 2. The van der Waals surface area contributed by atoms with Crippen molar-refractivity contribution >= 4 is 11.6 Å². The van der Waals surface area contributed by atoms with Crippen LogP contribution in [0.2, 0.25) is 0 Å². The van der Waals surface area contributed by atoms with Crippen LogP contribution >= 0.6 is 0 Å². The summed E-state index contributed by atoms with van der Waals surface area (Å²) in [7, 11) is 1.54. The van der Waals surface area contributed by atoms with Gasteiger partial charge in [0.05, 0.1) is 7.11 Å². The van der Waals surface area contributed by atoms with Gasteiger partial charge in [0.2, 0.25) is 0 Å². The number of fused-ring (bicyclic) bond motifs is 1. The van der Waals surface area contributed by atoms with Crippen molar-refractivity contribution in [2.75, 3.05) is 19.0 Å². The average Bonchev–Trinajstić information content (AvgIpc) is 3.04. The van der Waals surface area contributed by atoms with Gasteiger partial charge in [-0.1, -0.05) is 18.2 Å². The molecule has 1 aliphatic rings. The summed E-state index contributed by atoms with van der Waals surface area (Å²) in [5, 5.41) is 13.2. The Labute approximate surface area is 142 Å². The van der Waals surface area contributed by atoms with Gasteiger partial charge in [0.15, 0.2) is 17.5 Å². The first-order valence-corrected chi connectivity index (χ1v) is 8.21. The van der Waals surface area contributed by atoms with Crippen molar-refractivity contribution < 1.29 is 9.84 Å². The van der Waals surface area contributed by atoms with Crippen molar-refractivity contribution in [3.8, 4) is 11.5 Å². The Morgan fingerprint density at radius 2 is 2.08 bits per heavy atom. The number of hydrogen-bond acceptors (Lipinski definition) is 3. The molecule has 4 N–H and O–H groups in total. The zero-order valence-corrected chi connectivity index (χ0v) is 13.9. The molecule has 24 heavy (non-hydrogen) atoms. The molecule has 0 aliphatic heterocycles. The Bertz CT molecular complexity index is 756. The molecule has 0 spiro atoms. The SMILES string of the molecule is COc1cccc(CCN=C(N)Nc2ccc3c(c2)CCC3)c1O. The molecular weight excluding hydrogens is 302 g/mol. The monoisotopic (exact) mass is 325 g/mol. The lowest BCUT2D eigenvalue weighted by molar-refractivity contribution is 0.370. The molecule has 5 nitrogen and oxygen atoms in total. The van der Waals surface area contributed by atoms with E-state index < -0.39 is 0 Å². The summed E-state index contributed by atoms with van der Waals surface area (Å²) < 4.78 is 5.11. The number of methoxy groups -OCH3 is 1. The number of phenols is 1. The number of aromatic hydroxyl groups is 1. The summed E-state index contributed by atoms with van der Waals surface area (Å²) in [6.45, 7) is 0.491. The maximum absolute atomic E-state index is 10.1. The molecule has 3 rings (SSSR count). The minimum absolute atomic E-state index is 0.167. The third-order valence-electron chi connectivity index (χ3n) is 4.34. The predicted molar refractivity (Wildman–Crippen MR) is 96.9 cm³/mol. The maximum atomic E-state index is 10.1. The Morgan fingerprint density at radius 1 is 1.25 bits per heavy atom. The summed E-state index contributed by atoms with van der Waals surface area (Å²) in [6, 6.07) is 11.8. The number of rotatable bonds is 5. The third kappa shape index (κ3) is 3.62. The predicted octanol–water partition coefficient (Wildman–Crippen LogP) is 2.86. The quantitative estimate of drug-likeness (QED) is 0.583. The largest absolute Gasteiger partial charge is 0.504 e. The molecule has 2 aromatic carbocycles. The van der Waals surface area contributed by atoms with E-state index >= 15 is 0 Å². The van der Waals surface area contributed by atoms with E-state index in [-0.39, 0.29) is 5.75 Å². The Hall–Kier alpha value is -2.69. The van der Waals surface area contributed by atoms with Crippen molar-refractivity contribution in [3.05, 3.63) is 53.1 Å². The van der Waals surface area contributed by atoms with Crippen molar-refractivity contribution in [3.63, 3.8) is 0 Å². The fourth-order valence-corrected chi connectivity index (χ4v) is 3.07. The van der Waals surface area contributed by atoms with Gasteiger partial charge >= 0.3 is 0 Å². The summed E-state index contributed by atoms with van der Waals surface area (Å²) in [5.74, 6) is 1.02. The first-order valence-electron chi connectivity index (χ1n) is 8.21. The second-order valence-electron chi connectivity index (χ2n) is 5.95. The fraction of sp³-hybridized carbons (Fsp3) is 0.316. The highest BCUT2D eigenvalue weighted by Gasteiger charge is 2.11. The number of anilines is 1. The fourth-order valence-electron chi connectivity index (χ4n) is 3.07. The van der Waals surface area contributed by atoms with E-state index in [0.29, 0.717) is 24.7 Å². The summed E-state index contributed by atoms with van der Waals surface area (Å²) in [5.41, 5.74) is 10.6. The van der Waals surface area contributed by atoms with Crippen molar-refractivity contribution in [1.82, 2.24) is 0 Å². The third-order valence-corrected chi connectivity index (χ3v) is 4.34. The molecule has 0 saturated heterocycles. The molecule has 0 fully saturated rings. The Morgan fingerprint density at radius 3 is 2.92 bits per heavy atom. The molecule has 0 aromatic heterocycles. The maximum Gasteiger partial charge on any atom is 0.193 e. The first-order chi connectivity index (χ1) is 11.7. The molecule has 0 radical (unpaired) electrons. The second kappa shape index (κ2) is 7.25. The van der Waals surface area contributed by atoms with E-state index in [2.05, 4.69) is 22.4 Å². The number of hydrogen-bond donors (Lipinski definition) is 3. The lowest BCUT2D eigenvalue weighted by atomic mass is 10.1. The number of nitrogens with one attached hydrogen (secondary N) is 1. The van der Waals surface area contributed by atoms with Crippen molar-refractivity contribution in [1.29, 1.82) is 0 Å². The summed E-state index contributed by atoms with van der Waals surface area (Å²) in [6.07, 6.45) is 4.13. The van der Waals surface area contributed by atoms with Crippen LogP contribution in [0.1, 0.15) is 23.1 Å². The number of nitrogens with zero attached hydrogens (tertiary/aromatic N) is 1. The number of nitrogens with two attached hydrogens (primary N) is 1. The van der Waals surface area contributed by atoms with E-state index in [9.17, 15) is 5.11 Å². The van der Waals surface area contributed by atoms with Crippen LogP contribution in [0.3, 0.4) is 0 Å². The topological polar surface area (TPSA) is 79.9 Å². The number of aliphatic imine (C=N–C) groups is 1. The molecule has 0 saturated carbocycles. The Kier molecular flexibility index (Phi) is 4.89. The number of guanidine groups is 1. The van der Waals surface area contributed by atoms with Gasteiger partial charge in [0.25, 0.3) is 0 Å². The normalized spacial score (nSPS) is 13.6. The van der Waals surface area contributed by atoms with Crippen LogP contribution in [-0.2, 0) is 19.3 Å². The van der Waals surface area contributed by atoms with Gasteiger partial charge in [0, 0.05) is 12.2 Å². The average molecular weight is 325 g/mol. The summed E-state index contributed by atoms with van der Waals surface area (Å²) >= 11 is 0. The number of ether oxygens (including phenoxy) is 1. The first kappa shape index (κ1) is 16.2. The zero-order valence-electron chi connectivity index (χ0n) is 13.9. The molecule has 2 aromatic rings. The second-order valence-corrected chi connectivity index (χ2v) is 5.95. The van der Waals surface area contributed by atoms with Crippen LogP contribution in [0.5, 0.6) is 11.5 Å². The minimum atomic E-state index is 0.167. The summed E-state index contributed by atoms with van der Waals surface area (Å²) in [4.78, 5) is 4.34. The van der Waals surface area contributed by atoms with Gasteiger partial charge in [-0.2, -0.15) is 0 Å². The minimum Gasteiger partial charge on any atom is -0.504 e. The zero-order chi connectivity index (χ0) is 16.9. The van der Waals surface area contributed by atoms with Crippen molar-refractivity contribution in [2.45, 2.75) is 25.7 Å². The number of phenolic OH excluding ortho intramolecular Hbond substituents is 1. The van der Waals surface area contributed by atoms with Gasteiger partial charge in [-0.15, -0.1) is 0 Å². The lowest BCUT2D eigenvalue weighted by Gasteiger charge is -2.09. The van der Waals surface area contributed by atoms with Gasteiger partial charge < -0.3 is 20.9 Å². The number of para-hydroxylation sites is 1. The molecule has 0 atom stereocenters. The van der Waals surface area contributed by atoms with Crippen LogP contribution < -0.4 is 15.8 Å². The number of benzene rings is 2. The van der Waals surface area contributed by atoms with E-state index in [4.69, 9.17) is 10.5 Å². The smallest absolute Gasteiger partial charge is 0.193 e. The highest BCUT2D eigenvalue weighted by atomic mass is 16.5. The van der Waals surface area contributed by atoms with Crippen LogP contribution in [0.15, 0.2) is 41.4 Å². The van der Waals surface area contributed by atoms with E-state index in [0.717, 1.165) is 17.7 Å². The van der Waals surface area contributed by atoms with Gasteiger partial charge in [-0.05, 0) is 60.6 Å². The molecule has 126 valence electrons. The van der Waals surface area contributed by atoms with E-state index in [1.165, 1.54) is 31.1 Å². The van der Waals surface area contributed by atoms with Crippen LogP contribution in [0.25, 0.3) is 0 Å². The van der Waals surface area contributed by atoms with Crippen LogP contribution in [0, 0.1) is 0 Å². The molecule has 5 heteroatoms. The van der Waals surface area contributed by atoms with Gasteiger partial charge in [0.1, 0.15) is 0 Å². The molecule has 0 bridgehead atoms. The lowest BCUT2D eigenvalue weighted by Crippen LogP contribution is -2.23. The standard InChI is InChI=1S/C19H23N3O2/c1-24-17-7-3-5-14(18(17)23)10-11-21-19(20)22-16-9-8-13-4-2-6-15(13)12-16/h3,5,7-9,12,23H,2,4,6,10-11H2,1H3,(H3,20,21,22). The highest BCUT2D eigenvalue weighted by Crippen LogP contribution is 2.29. The van der Waals surface area contributed by atoms with Gasteiger partial charge in [-0.25, -0.2) is 0 Å². The van der Waals surface area contributed by atoms with E-state index in [1.54, 1.807) is 6.07 Å². The molecule has 0 heterocycles. The molecule has 0 amide bonds. The highest BCUT2D eigenvalue weighted by molar-refractivity contribution is 5.92. The van der Waals surface area contributed by atoms with Gasteiger partial charge in [-0.3, -0.25) is 4.99 Å². The van der Waals surface area contributed by atoms with E-state index in [1.807, 2.05) is 18.2 Å². The molecular formula is C19H23N3O2. The van der Waals surface area contributed by atoms with Crippen LogP contribution in [0.4, 0.5) is 5.69 Å². The molecule has 0 unspecified atom stereocenters. The Balaban J connectivity index is 1.59. The van der Waals surface area contributed by atoms with Crippen LogP contribution in [-0.4, -0.2) is 24.7 Å². The molecule has 1 aliphatic carbocycles. The van der Waals surface area contributed by atoms with Crippen molar-refractivity contribution in [2.24, 2.45) is 10.7 Å².